The zero-order valence-electron chi connectivity index (χ0n) is 12.8. The SMILES string of the molecule is CCNc1nc(NCCC(C)C)c2cc(CC)sc2n1. The fraction of sp³-hybridized carbons (Fsp3) is 0.600. The van der Waals surface area contributed by atoms with E-state index in [-0.39, 0.29) is 0 Å². The fourth-order valence-electron chi connectivity index (χ4n) is 2.00. The molecule has 0 aromatic carbocycles. The molecule has 20 heavy (non-hydrogen) atoms. The minimum absolute atomic E-state index is 0.696. The van der Waals surface area contributed by atoms with Gasteiger partial charge in [-0.25, -0.2) is 4.98 Å². The Morgan fingerprint density at radius 2 is 2.00 bits per heavy atom. The molecule has 2 aromatic rings. The number of thiophene rings is 1. The van der Waals surface area contributed by atoms with Gasteiger partial charge in [0.2, 0.25) is 5.95 Å². The highest BCUT2D eigenvalue weighted by Gasteiger charge is 2.11. The molecule has 0 bridgehead atoms. The van der Waals surface area contributed by atoms with E-state index >= 15 is 0 Å². The average Bonchev–Trinajstić information content (AvgIpc) is 2.82. The van der Waals surface area contributed by atoms with Crippen LogP contribution in [0, 0.1) is 5.92 Å². The van der Waals surface area contributed by atoms with Crippen LogP contribution in [0.1, 0.15) is 39.0 Å². The number of nitrogens with one attached hydrogen (secondary N) is 2. The summed E-state index contributed by atoms with van der Waals surface area (Å²) in [5, 5.41) is 7.83. The van der Waals surface area contributed by atoms with Crippen molar-refractivity contribution < 1.29 is 0 Å². The predicted molar refractivity (Wildman–Crippen MR) is 88.9 cm³/mol. The number of fused-ring (bicyclic) bond motifs is 1. The molecule has 2 rings (SSSR count). The highest BCUT2D eigenvalue weighted by atomic mass is 32.1. The van der Waals surface area contributed by atoms with Crippen LogP contribution in [-0.4, -0.2) is 23.1 Å². The summed E-state index contributed by atoms with van der Waals surface area (Å²) in [6.07, 6.45) is 2.19. The van der Waals surface area contributed by atoms with Crippen LogP contribution in [0.15, 0.2) is 6.07 Å². The molecular formula is C15H24N4S. The Morgan fingerprint density at radius 1 is 1.20 bits per heavy atom. The minimum Gasteiger partial charge on any atom is -0.369 e. The second kappa shape index (κ2) is 6.88. The minimum atomic E-state index is 0.696. The van der Waals surface area contributed by atoms with Gasteiger partial charge < -0.3 is 10.6 Å². The summed E-state index contributed by atoms with van der Waals surface area (Å²) in [7, 11) is 0. The maximum Gasteiger partial charge on any atom is 0.226 e. The van der Waals surface area contributed by atoms with E-state index in [4.69, 9.17) is 0 Å². The van der Waals surface area contributed by atoms with E-state index in [1.165, 1.54) is 4.88 Å². The lowest BCUT2D eigenvalue weighted by Crippen LogP contribution is -2.09. The van der Waals surface area contributed by atoms with Gasteiger partial charge in [-0.2, -0.15) is 4.98 Å². The maximum atomic E-state index is 4.61. The maximum absolute atomic E-state index is 4.61. The van der Waals surface area contributed by atoms with Crippen molar-refractivity contribution in [1.82, 2.24) is 9.97 Å². The van der Waals surface area contributed by atoms with Gasteiger partial charge in [0.15, 0.2) is 0 Å². The van der Waals surface area contributed by atoms with Crippen LogP contribution in [0.3, 0.4) is 0 Å². The summed E-state index contributed by atoms with van der Waals surface area (Å²) >= 11 is 1.76. The first-order chi connectivity index (χ1) is 9.63. The summed E-state index contributed by atoms with van der Waals surface area (Å²) in [5.74, 6) is 2.38. The fourth-order valence-corrected chi connectivity index (χ4v) is 2.96. The van der Waals surface area contributed by atoms with E-state index in [0.29, 0.717) is 5.92 Å². The topological polar surface area (TPSA) is 49.8 Å². The normalized spacial score (nSPS) is 11.2. The predicted octanol–water partition coefficient (Wildman–Crippen LogP) is 4.14. The largest absolute Gasteiger partial charge is 0.369 e. The average molecular weight is 292 g/mol. The Morgan fingerprint density at radius 3 is 2.65 bits per heavy atom. The van der Waals surface area contributed by atoms with Crippen molar-refractivity contribution in [2.45, 2.75) is 40.5 Å². The van der Waals surface area contributed by atoms with E-state index < -0.39 is 0 Å². The summed E-state index contributed by atoms with van der Waals surface area (Å²) in [4.78, 5) is 11.6. The van der Waals surface area contributed by atoms with Crippen LogP contribution in [0.2, 0.25) is 0 Å². The van der Waals surface area contributed by atoms with Crippen LogP contribution in [-0.2, 0) is 6.42 Å². The molecule has 0 atom stereocenters. The smallest absolute Gasteiger partial charge is 0.226 e. The van der Waals surface area contributed by atoms with Gasteiger partial charge in [-0.1, -0.05) is 20.8 Å². The molecule has 0 radical (unpaired) electrons. The lowest BCUT2D eigenvalue weighted by atomic mass is 10.1. The summed E-state index contributed by atoms with van der Waals surface area (Å²) in [5.41, 5.74) is 0. The molecule has 0 aliphatic rings. The van der Waals surface area contributed by atoms with E-state index in [9.17, 15) is 0 Å². The van der Waals surface area contributed by atoms with Crippen LogP contribution in [0.4, 0.5) is 11.8 Å². The highest BCUT2D eigenvalue weighted by molar-refractivity contribution is 7.18. The number of aromatic nitrogens is 2. The Bertz CT molecular complexity index is 562. The molecule has 0 aliphatic heterocycles. The number of aryl methyl sites for hydroxylation is 1. The zero-order valence-corrected chi connectivity index (χ0v) is 13.6. The van der Waals surface area contributed by atoms with Crippen molar-refractivity contribution in [1.29, 1.82) is 0 Å². The molecular weight excluding hydrogens is 268 g/mol. The van der Waals surface area contributed by atoms with E-state index in [1.807, 2.05) is 0 Å². The zero-order chi connectivity index (χ0) is 14.5. The molecule has 2 aromatic heterocycles. The van der Waals surface area contributed by atoms with Crippen molar-refractivity contribution in [3.8, 4) is 0 Å². The van der Waals surface area contributed by atoms with Crippen molar-refractivity contribution >= 4 is 33.3 Å². The van der Waals surface area contributed by atoms with Gasteiger partial charge in [-0.15, -0.1) is 11.3 Å². The molecule has 0 saturated carbocycles. The number of hydrogen-bond donors (Lipinski definition) is 2. The van der Waals surface area contributed by atoms with Gasteiger partial charge in [0.25, 0.3) is 0 Å². The van der Waals surface area contributed by atoms with E-state index in [2.05, 4.69) is 54.4 Å². The van der Waals surface area contributed by atoms with Gasteiger partial charge in [0.05, 0.1) is 5.39 Å². The Hall–Kier alpha value is -1.36. The van der Waals surface area contributed by atoms with Crippen LogP contribution in [0.25, 0.3) is 10.2 Å². The number of hydrogen-bond acceptors (Lipinski definition) is 5. The quantitative estimate of drug-likeness (QED) is 0.805. The summed E-state index contributed by atoms with van der Waals surface area (Å²) in [6, 6.07) is 2.22. The second-order valence-electron chi connectivity index (χ2n) is 5.32. The lowest BCUT2D eigenvalue weighted by Gasteiger charge is -2.10. The second-order valence-corrected chi connectivity index (χ2v) is 6.44. The monoisotopic (exact) mass is 292 g/mol. The van der Waals surface area contributed by atoms with Gasteiger partial charge in [0, 0.05) is 18.0 Å². The van der Waals surface area contributed by atoms with Gasteiger partial charge in [-0.05, 0) is 31.7 Å². The lowest BCUT2D eigenvalue weighted by molar-refractivity contribution is 0.607. The standard InChI is InChI=1S/C15H24N4S/c1-5-11-9-12-13(17-8-7-10(3)4)18-15(16-6-2)19-14(12)20-11/h9-10H,5-8H2,1-4H3,(H2,16,17,18,19). The van der Waals surface area contributed by atoms with Crippen LogP contribution >= 0.6 is 11.3 Å². The molecule has 110 valence electrons. The van der Waals surface area contributed by atoms with Crippen molar-refractivity contribution in [3.63, 3.8) is 0 Å². The number of nitrogens with zero attached hydrogens (tertiary/aromatic N) is 2. The number of anilines is 2. The van der Waals surface area contributed by atoms with E-state index in [1.54, 1.807) is 11.3 Å². The Labute approximate surface area is 125 Å². The molecule has 4 nitrogen and oxygen atoms in total. The third kappa shape index (κ3) is 3.60. The Balaban J connectivity index is 2.30. The molecule has 5 heteroatoms. The molecule has 0 spiro atoms. The molecule has 0 fully saturated rings. The summed E-state index contributed by atoms with van der Waals surface area (Å²) < 4.78 is 0. The van der Waals surface area contributed by atoms with Crippen LogP contribution < -0.4 is 10.6 Å². The molecule has 0 saturated heterocycles. The van der Waals surface area contributed by atoms with Gasteiger partial charge >= 0.3 is 0 Å². The third-order valence-electron chi connectivity index (χ3n) is 3.14. The molecule has 2 heterocycles. The summed E-state index contributed by atoms with van der Waals surface area (Å²) in [6.45, 7) is 10.5. The van der Waals surface area contributed by atoms with Crippen molar-refractivity contribution in [2.75, 3.05) is 23.7 Å². The first kappa shape index (κ1) is 15.0. The van der Waals surface area contributed by atoms with Crippen LogP contribution in [0.5, 0.6) is 0 Å². The Kier molecular flexibility index (Phi) is 5.17. The first-order valence-corrected chi connectivity index (χ1v) is 8.23. The van der Waals surface area contributed by atoms with E-state index in [0.717, 1.165) is 47.9 Å². The highest BCUT2D eigenvalue weighted by Crippen LogP contribution is 2.30. The molecule has 0 aliphatic carbocycles. The van der Waals surface area contributed by atoms with Gasteiger partial charge in [0.1, 0.15) is 10.6 Å². The molecule has 0 amide bonds. The van der Waals surface area contributed by atoms with Crippen molar-refractivity contribution in [2.24, 2.45) is 5.92 Å². The molecule has 0 unspecified atom stereocenters. The molecule has 2 N–H and O–H groups in total. The van der Waals surface area contributed by atoms with Gasteiger partial charge in [-0.3, -0.25) is 0 Å². The number of rotatable bonds is 7. The first-order valence-electron chi connectivity index (χ1n) is 7.42. The van der Waals surface area contributed by atoms with Crippen molar-refractivity contribution in [3.05, 3.63) is 10.9 Å². The third-order valence-corrected chi connectivity index (χ3v) is 4.31.